The minimum absolute atomic E-state index is 0.147. The van der Waals surface area contributed by atoms with E-state index in [1.165, 1.54) is 19.1 Å². The van der Waals surface area contributed by atoms with Gasteiger partial charge in [-0.05, 0) is 55.8 Å². The van der Waals surface area contributed by atoms with Crippen LogP contribution in [0.5, 0.6) is 0 Å². The molecule has 178 valence electrons. The van der Waals surface area contributed by atoms with Crippen molar-refractivity contribution in [1.29, 1.82) is 0 Å². The molecule has 2 N–H and O–H groups in total. The monoisotopic (exact) mass is 483 g/mol. The highest BCUT2D eigenvalue weighted by Gasteiger charge is 2.30. The summed E-state index contributed by atoms with van der Waals surface area (Å²) in [4.78, 5) is 26.0. The lowest BCUT2D eigenvalue weighted by Crippen LogP contribution is -2.45. The number of hydrogen-bond acceptors (Lipinski definition) is 4. The minimum atomic E-state index is -3.87. The van der Waals surface area contributed by atoms with E-state index in [2.05, 4.69) is 10.6 Å². The number of nitrogens with zero attached hydrogens (tertiary/aromatic N) is 1. The van der Waals surface area contributed by atoms with Crippen molar-refractivity contribution < 1.29 is 22.4 Å². The molecule has 0 bridgehead atoms. The third-order valence-corrected chi connectivity index (χ3v) is 6.49. The number of carbonyl (C=O) groups is 2. The maximum atomic E-state index is 13.3. The third kappa shape index (κ3) is 5.99. The molecule has 0 aliphatic carbocycles. The molecule has 2 amide bonds. The minimum Gasteiger partial charge on any atom is -0.345 e. The van der Waals surface area contributed by atoms with Crippen LogP contribution in [0.4, 0.5) is 15.8 Å². The second-order valence-corrected chi connectivity index (χ2v) is 9.71. The van der Waals surface area contributed by atoms with Crippen LogP contribution in [-0.4, -0.2) is 32.5 Å². The molecule has 0 saturated carbocycles. The average molecular weight is 484 g/mol. The molecule has 0 aliphatic heterocycles. The summed E-state index contributed by atoms with van der Waals surface area (Å²) < 4.78 is 39.1. The summed E-state index contributed by atoms with van der Waals surface area (Å²) in [6, 6.07) is 19.3. The quantitative estimate of drug-likeness (QED) is 0.504. The molecule has 0 aromatic heterocycles. The number of para-hydroxylation sites is 1. The first-order valence-corrected chi connectivity index (χ1v) is 12.4. The normalized spacial score (nSPS) is 12.9. The molecule has 0 fully saturated rings. The molecule has 0 radical (unpaired) electrons. The number of rotatable bonds is 8. The second kappa shape index (κ2) is 10.5. The molecule has 3 aromatic rings. The van der Waals surface area contributed by atoms with E-state index < -0.39 is 33.7 Å². The zero-order valence-corrected chi connectivity index (χ0v) is 19.8. The summed E-state index contributed by atoms with van der Waals surface area (Å²) in [6.07, 6.45) is 0.965. The fraction of sp³-hybridized carbons (Fsp3) is 0.200. The summed E-state index contributed by atoms with van der Waals surface area (Å²) in [5.74, 6) is -1.57. The Hall–Kier alpha value is -3.72. The molecular weight excluding hydrogens is 457 g/mol. The SMILES string of the molecule is C[C@H](C(=O)Nc1ccccc1C(=O)N[C@H](C)c1ccccc1)N(c1ccc(F)cc1)S(C)(=O)=O. The molecule has 0 saturated heterocycles. The molecule has 3 rings (SSSR count). The van der Waals surface area contributed by atoms with E-state index in [1.54, 1.807) is 24.3 Å². The van der Waals surface area contributed by atoms with Crippen molar-refractivity contribution in [2.75, 3.05) is 15.9 Å². The van der Waals surface area contributed by atoms with Gasteiger partial charge in [-0.15, -0.1) is 0 Å². The number of halogens is 1. The second-order valence-electron chi connectivity index (χ2n) is 7.85. The Morgan fingerprint density at radius 1 is 0.882 bits per heavy atom. The smallest absolute Gasteiger partial charge is 0.253 e. The van der Waals surface area contributed by atoms with E-state index in [0.717, 1.165) is 28.3 Å². The number of carbonyl (C=O) groups excluding carboxylic acids is 2. The summed E-state index contributed by atoms with van der Waals surface area (Å²) in [5.41, 5.74) is 1.55. The Balaban J connectivity index is 1.81. The van der Waals surface area contributed by atoms with Gasteiger partial charge in [0.2, 0.25) is 15.9 Å². The highest BCUT2D eigenvalue weighted by molar-refractivity contribution is 7.92. The van der Waals surface area contributed by atoms with Gasteiger partial charge in [0.15, 0.2) is 0 Å². The van der Waals surface area contributed by atoms with Gasteiger partial charge < -0.3 is 10.6 Å². The predicted octanol–water partition coefficient (Wildman–Crippen LogP) is 4.11. The van der Waals surface area contributed by atoms with Crippen molar-refractivity contribution in [3.8, 4) is 0 Å². The lowest BCUT2D eigenvalue weighted by Gasteiger charge is -2.28. The van der Waals surface area contributed by atoms with Crippen molar-refractivity contribution in [2.45, 2.75) is 25.9 Å². The van der Waals surface area contributed by atoms with E-state index in [1.807, 2.05) is 37.3 Å². The Labute approximate surface area is 198 Å². The van der Waals surface area contributed by atoms with Crippen molar-refractivity contribution in [2.24, 2.45) is 0 Å². The molecule has 0 heterocycles. The number of amides is 2. The highest BCUT2D eigenvalue weighted by Crippen LogP contribution is 2.23. The number of sulfonamides is 1. The zero-order chi connectivity index (χ0) is 24.9. The van der Waals surface area contributed by atoms with E-state index in [-0.39, 0.29) is 23.0 Å². The van der Waals surface area contributed by atoms with Gasteiger partial charge >= 0.3 is 0 Å². The molecule has 9 heteroatoms. The van der Waals surface area contributed by atoms with Gasteiger partial charge in [-0.3, -0.25) is 13.9 Å². The molecular formula is C25H26FN3O4S. The topological polar surface area (TPSA) is 95.6 Å². The van der Waals surface area contributed by atoms with Crippen LogP contribution in [0.2, 0.25) is 0 Å². The first-order valence-electron chi connectivity index (χ1n) is 10.6. The summed E-state index contributed by atoms with van der Waals surface area (Å²) in [7, 11) is -3.87. The van der Waals surface area contributed by atoms with Crippen LogP contribution in [0, 0.1) is 5.82 Å². The first-order chi connectivity index (χ1) is 16.1. The average Bonchev–Trinajstić information content (AvgIpc) is 2.80. The van der Waals surface area contributed by atoms with Crippen LogP contribution in [0.25, 0.3) is 0 Å². The van der Waals surface area contributed by atoms with Gasteiger partial charge in [-0.25, -0.2) is 12.8 Å². The Kier molecular flexibility index (Phi) is 7.68. The fourth-order valence-corrected chi connectivity index (χ4v) is 4.70. The number of hydrogen-bond donors (Lipinski definition) is 2. The van der Waals surface area contributed by atoms with Crippen molar-refractivity contribution in [3.63, 3.8) is 0 Å². The summed E-state index contributed by atoms with van der Waals surface area (Å²) in [6.45, 7) is 3.27. The van der Waals surface area contributed by atoms with Crippen LogP contribution in [-0.2, 0) is 14.8 Å². The van der Waals surface area contributed by atoms with Gasteiger partial charge in [0, 0.05) is 0 Å². The van der Waals surface area contributed by atoms with Gasteiger partial charge in [-0.1, -0.05) is 42.5 Å². The Bertz CT molecular complexity index is 1260. The van der Waals surface area contributed by atoms with Gasteiger partial charge in [0.05, 0.1) is 29.2 Å². The maximum Gasteiger partial charge on any atom is 0.253 e. The number of anilines is 2. The maximum absolute atomic E-state index is 13.3. The number of benzene rings is 3. The van der Waals surface area contributed by atoms with Crippen LogP contribution in [0.1, 0.15) is 35.8 Å². The molecule has 34 heavy (non-hydrogen) atoms. The van der Waals surface area contributed by atoms with E-state index in [4.69, 9.17) is 0 Å². The zero-order valence-electron chi connectivity index (χ0n) is 19.0. The Morgan fingerprint density at radius 2 is 1.47 bits per heavy atom. The third-order valence-electron chi connectivity index (χ3n) is 5.25. The molecule has 0 spiro atoms. The molecule has 2 atom stereocenters. The first kappa shape index (κ1) is 24.9. The fourth-order valence-electron chi connectivity index (χ4n) is 3.52. The molecule has 3 aromatic carbocycles. The molecule has 0 aliphatic rings. The van der Waals surface area contributed by atoms with Crippen molar-refractivity contribution >= 4 is 33.2 Å². The van der Waals surface area contributed by atoms with Crippen molar-refractivity contribution in [1.82, 2.24) is 5.32 Å². The highest BCUT2D eigenvalue weighted by atomic mass is 32.2. The largest absolute Gasteiger partial charge is 0.345 e. The van der Waals surface area contributed by atoms with Crippen LogP contribution in [0.15, 0.2) is 78.9 Å². The predicted molar refractivity (Wildman–Crippen MR) is 131 cm³/mol. The molecule has 7 nitrogen and oxygen atoms in total. The van der Waals surface area contributed by atoms with Gasteiger partial charge in [0.25, 0.3) is 5.91 Å². The molecule has 0 unspecified atom stereocenters. The van der Waals surface area contributed by atoms with Gasteiger partial charge in [0.1, 0.15) is 11.9 Å². The van der Waals surface area contributed by atoms with Crippen LogP contribution in [0.3, 0.4) is 0 Å². The lowest BCUT2D eigenvalue weighted by molar-refractivity contribution is -0.116. The Morgan fingerprint density at radius 3 is 2.09 bits per heavy atom. The van der Waals surface area contributed by atoms with Crippen molar-refractivity contribution in [3.05, 3.63) is 95.8 Å². The number of nitrogens with one attached hydrogen (secondary N) is 2. The summed E-state index contributed by atoms with van der Waals surface area (Å²) in [5, 5.41) is 5.56. The summed E-state index contributed by atoms with van der Waals surface area (Å²) >= 11 is 0. The van der Waals surface area contributed by atoms with Gasteiger partial charge in [-0.2, -0.15) is 0 Å². The van der Waals surface area contributed by atoms with E-state index in [0.29, 0.717) is 0 Å². The lowest BCUT2D eigenvalue weighted by atomic mass is 10.1. The van der Waals surface area contributed by atoms with Crippen LogP contribution < -0.4 is 14.9 Å². The standard InChI is InChI=1S/C25H26FN3O4S/c1-17(19-9-5-4-6-10-19)27-25(31)22-11-7-8-12-23(22)28-24(30)18(2)29(34(3,32)33)21-15-13-20(26)14-16-21/h4-18H,1-3H3,(H,27,31)(H,28,30)/t17-,18-/m1/s1. The van der Waals surface area contributed by atoms with Crippen LogP contribution >= 0.6 is 0 Å². The van der Waals surface area contributed by atoms with E-state index >= 15 is 0 Å². The van der Waals surface area contributed by atoms with E-state index in [9.17, 15) is 22.4 Å².